The van der Waals surface area contributed by atoms with Crippen LogP contribution in [0.1, 0.15) is 104 Å². The van der Waals surface area contributed by atoms with Crippen molar-refractivity contribution in [3.8, 4) is 5.75 Å². The highest BCUT2D eigenvalue weighted by atomic mass is 16.5. The molecule has 0 saturated heterocycles. The summed E-state index contributed by atoms with van der Waals surface area (Å²) in [4.78, 5) is 34.1. The summed E-state index contributed by atoms with van der Waals surface area (Å²) in [5, 5.41) is 3.30. The summed E-state index contributed by atoms with van der Waals surface area (Å²) in [6.45, 7) is 6.20. The Morgan fingerprint density at radius 3 is 2.73 bits per heavy atom. The number of carbonyl (C=O) groups excluding carboxylic acids is 2. The SMILES string of the molecule is CC[C@@]12CCCCc3ccc4c(c3)[C@H](CC(C)(C)O4)NC(=O)c3ccc4c(c3)[C@@H]([C@H](OC)C4)N(C(=O)C1)C(N)=N2. The van der Waals surface area contributed by atoms with Crippen LogP contribution in [0.4, 0.5) is 0 Å². The molecule has 4 aliphatic heterocycles. The average Bonchev–Trinajstić information content (AvgIpc) is 3.27. The smallest absolute Gasteiger partial charge is 0.251 e. The third-order valence-electron chi connectivity index (χ3n) is 9.28. The standard InChI is InChI=1S/C32H40N4O4/c1-5-32-13-7-6-8-19-9-12-25-23(14-19)24(17-31(2,3)40-25)34-29(38)21-11-10-20-16-26(39-4)28(22(20)15-21)36(27(37)18-32)30(33)35-32/h9-12,14-15,24,26,28H,5-8,13,16-18H2,1-4H3,(H2,33,35)(H,34,38)/t24-,26+,28-,32+/m0/s1. The van der Waals surface area contributed by atoms with Gasteiger partial charge in [0, 0.05) is 31.1 Å². The number of nitrogens with one attached hydrogen (secondary N) is 1. The van der Waals surface area contributed by atoms with E-state index in [1.165, 1.54) is 5.56 Å². The van der Waals surface area contributed by atoms with Crippen molar-refractivity contribution < 1.29 is 19.1 Å². The van der Waals surface area contributed by atoms with E-state index < -0.39 is 17.2 Å². The lowest BCUT2D eigenvalue weighted by atomic mass is 9.84. The van der Waals surface area contributed by atoms with Gasteiger partial charge in [-0.1, -0.05) is 31.5 Å². The Morgan fingerprint density at radius 2 is 1.98 bits per heavy atom. The van der Waals surface area contributed by atoms with Gasteiger partial charge < -0.3 is 20.5 Å². The number of nitrogens with two attached hydrogens (primary N) is 1. The molecule has 3 N–H and O–H groups in total. The fraction of sp³-hybridized carbons (Fsp3) is 0.531. The number of guanidine groups is 1. The highest BCUT2D eigenvalue weighted by molar-refractivity contribution is 6.00. The maximum atomic E-state index is 13.8. The van der Waals surface area contributed by atoms with Crippen LogP contribution in [-0.2, 0) is 22.4 Å². The molecule has 0 aromatic heterocycles. The lowest BCUT2D eigenvalue weighted by Crippen LogP contribution is -2.54. The van der Waals surface area contributed by atoms with Crippen molar-refractivity contribution >= 4 is 17.8 Å². The molecule has 0 unspecified atom stereocenters. The number of methoxy groups -OCH3 is 1. The van der Waals surface area contributed by atoms with E-state index in [4.69, 9.17) is 20.2 Å². The molecule has 0 radical (unpaired) electrons. The van der Waals surface area contributed by atoms with Gasteiger partial charge in [-0.15, -0.1) is 0 Å². The van der Waals surface area contributed by atoms with Gasteiger partial charge >= 0.3 is 0 Å². The summed E-state index contributed by atoms with van der Waals surface area (Å²) >= 11 is 0. The van der Waals surface area contributed by atoms with Crippen LogP contribution in [0.5, 0.6) is 5.75 Å². The zero-order valence-corrected chi connectivity index (χ0v) is 24.0. The molecule has 8 heteroatoms. The predicted octanol–water partition coefficient (Wildman–Crippen LogP) is 4.75. The fourth-order valence-corrected chi connectivity index (χ4v) is 7.11. The third kappa shape index (κ3) is 4.66. The predicted molar refractivity (Wildman–Crippen MR) is 153 cm³/mol. The van der Waals surface area contributed by atoms with E-state index in [1.54, 1.807) is 12.0 Å². The van der Waals surface area contributed by atoms with E-state index in [1.807, 2.05) is 24.3 Å². The van der Waals surface area contributed by atoms with Gasteiger partial charge in [-0.2, -0.15) is 0 Å². The molecule has 2 aromatic carbocycles. The molecule has 4 heterocycles. The van der Waals surface area contributed by atoms with E-state index in [9.17, 15) is 9.59 Å². The van der Waals surface area contributed by atoms with Gasteiger partial charge in [-0.3, -0.25) is 14.5 Å². The first kappa shape index (κ1) is 26.8. The van der Waals surface area contributed by atoms with Crippen LogP contribution >= 0.6 is 0 Å². The van der Waals surface area contributed by atoms with Crippen molar-refractivity contribution in [2.24, 2.45) is 10.7 Å². The molecule has 6 bridgehead atoms. The molecule has 2 aromatic rings. The Balaban J connectivity index is 1.45. The normalized spacial score (nSPS) is 29.2. The summed E-state index contributed by atoms with van der Waals surface area (Å²) in [7, 11) is 1.66. The lowest BCUT2D eigenvalue weighted by molar-refractivity contribution is -0.133. The van der Waals surface area contributed by atoms with Crippen LogP contribution in [0.3, 0.4) is 0 Å². The molecule has 7 rings (SSSR count). The number of nitrogens with zero attached hydrogens (tertiary/aromatic N) is 2. The Hall–Kier alpha value is -3.39. The Morgan fingerprint density at radius 1 is 1.15 bits per heavy atom. The number of aliphatic imine (C=N–C) groups is 1. The van der Waals surface area contributed by atoms with Crippen LogP contribution in [-0.4, -0.2) is 47.0 Å². The minimum Gasteiger partial charge on any atom is -0.487 e. The number of aryl methyl sites for hydroxylation is 1. The number of rotatable bonds is 2. The summed E-state index contributed by atoms with van der Waals surface area (Å²) < 4.78 is 12.2. The molecule has 5 aliphatic rings. The van der Waals surface area contributed by atoms with Crippen molar-refractivity contribution in [1.29, 1.82) is 0 Å². The van der Waals surface area contributed by atoms with E-state index in [-0.39, 0.29) is 29.9 Å². The van der Waals surface area contributed by atoms with Gasteiger partial charge in [-0.25, -0.2) is 4.99 Å². The molecule has 40 heavy (non-hydrogen) atoms. The van der Waals surface area contributed by atoms with Gasteiger partial charge in [0.1, 0.15) is 11.4 Å². The number of carbonyl (C=O) groups is 2. The van der Waals surface area contributed by atoms with Gasteiger partial charge in [0.05, 0.1) is 30.1 Å². The van der Waals surface area contributed by atoms with E-state index in [0.29, 0.717) is 24.8 Å². The summed E-state index contributed by atoms with van der Waals surface area (Å²) in [6, 6.07) is 11.5. The van der Waals surface area contributed by atoms with E-state index in [2.05, 4.69) is 38.2 Å². The zero-order chi connectivity index (χ0) is 28.2. The molecule has 8 nitrogen and oxygen atoms in total. The Bertz CT molecular complexity index is 1380. The Labute approximate surface area is 236 Å². The van der Waals surface area contributed by atoms with Crippen molar-refractivity contribution in [2.45, 2.75) is 101 Å². The fourth-order valence-electron chi connectivity index (χ4n) is 7.11. The summed E-state index contributed by atoms with van der Waals surface area (Å²) in [6.07, 6.45) is 5.73. The second-order valence-corrected chi connectivity index (χ2v) is 12.5. The average molecular weight is 545 g/mol. The molecule has 2 amide bonds. The van der Waals surface area contributed by atoms with Crippen LogP contribution in [0.15, 0.2) is 41.4 Å². The molecular weight excluding hydrogens is 504 g/mol. The Kier molecular flexibility index (Phi) is 6.64. The number of benzene rings is 2. The van der Waals surface area contributed by atoms with Crippen LogP contribution in [0.25, 0.3) is 0 Å². The van der Waals surface area contributed by atoms with E-state index >= 15 is 0 Å². The largest absolute Gasteiger partial charge is 0.487 e. The molecule has 212 valence electrons. The van der Waals surface area contributed by atoms with Crippen molar-refractivity contribution in [2.75, 3.05) is 7.11 Å². The van der Waals surface area contributed by atoms with Gasteiger partial charge in [0.2, 0.25) is 5.91 Å². The summed E-state index contributed by atoms with van der Waals surface area (Å²) in [5.41, 5.74) is 10.4. The van der Waals surface area contributed by atoms with Crippen molar-refractivity contribution in [3.05, 3.63) is 64.2 Å². The van der Waals surface area contributed by atoms with Gasteiger partial charge in [-0.05, 0) is 74.4 Å². The molecule has 0 spiro atoms. The monoisotopic (exact) mass is 544 g/mol. The minimum atomic E-state index is -0.491. The second-order valence-electron chi connectivity index (χ2n) is 12.5. The maximum Gasteiger partial charge on any atom is 0.251 e. The molecular formula is C32H40N4O4. The number of ether oxygens (including phenoxy) is 2. The third-order valence-corrected chi connectivity index (χ3v) is 9.28. The first-order chi connectivity index (χ1) is 19.1. The van der Waals surface area contributed by atoms with Gasteiger partial charge in [0.25, 0.3) is 5.91 Å². The lowest BCUT2D eigenvalue weighted by Gasteiger charge is -2.41. The maximum absolute atomic E-state index is 13.8. The highest BCUT2D eigenvalue weighted by Gasteiger charge is 2.46. The number of fused-ring (bicyclic) bond motifs is 5. The quantitative estimate of drug-likeness (QED) is 0.567. The van der Waals surface area contributed by atoms with E-state index in [0.717, 1.165) is 54.5 Å². The van der Waals surface area contributed by atoms with Crippen LogP contribution in [0.2, 0.25) is 0 Å². The highest BCUT2D eigenvalue weighted by Crippen LogP contribution is 2.43. The first-order valence-corrected chi connectivity index (χ1v) is 14.6. The number of amides is 2. The molecule has 0 fully saturated rings. The first-order valence-electron chi connectivity index (χ1n) is 14.6. The topological polar surface area (TPSA) is 106 Å². The summed E-state index contributed by atoms with van der Waals surface area (Å²) in [5.74, 6) is 0.891. The van der Waals surface area contributed by atoms with Crippen LogP contribution in [0, 0.1) is 0 Å². The molecule has 1 aliphatic carbocycles. The number of hydrogen-bond donors (Lipinski definition) is 2. The number of hydrogen-bond acceptors (Lipinski definition) is 6. The van der Waals surface area contributed by atoms with Crippen molar-refractivity contribution in [1.82, 2.24) is 10.2 Å². The molecule has 4 atom stereocenters. The minimum absolute atomic E-state index is 0.0325. The molecule has 0 saturated carbocycles. The van der Waals surface area contributed by atoms with Gasteiger partial charge in [0.15, 0.2) is 5.96 Å². The zero-order valence-electron chi connectivity index (χ0n) is 24.0. The second kappa shape index (κ2) is 9.91. The van der Waals surface area contributed by atoms with Crippen molar-refractivity contribution in [3.63, 3.8) is 0 Å². The van der Waals surface area contributed by atoms with Crippen LogP contribution < -0.4 is 15.8 Å².